The number of carbonyl (C=O) groups is 1. The summed E-state index contributed by atoms with van der Waals surface area (Å²) >= 11 is 0. The smallest absolute Gasteiger partial charge is 0.221 e. The first kappa shape index (κ1) is 17.7. The van der Waals surface area contributed by atoms with Crippen molar-refractivity contribution in [3.63, 3.8) is 0 Å². The van der Waals surface area contributed by atoms with E-state index >= 15 is 0 Å². The van der Waals surface area contributed by atoms with E-state index in [0.717, 1.165) is 16.5 Å². The van der Waals surface area contributed by atoms with Gasteiger partial charge in [0.2, 0.25) is 5.91 Å². The number of halogens is 1. The van der Waals surface area contributed by atoms with Gasteiger partial charge >= 0.3 is 0 Å². The van der Waals surface area contributed by atoms with Crippen molar-refractivity contribution >= 4 is 22.5 Å². The normalized spacial score (nSPS) is 10.8. The third-order valence-corrected chi connectivity index (χ3v) is 4.54. The number of aromatic hydroxyl groups is 1. The van der Waals surface area contributed by atoms with Crippen LogP contribution in [0.25, 0.3) is 33.2 Å². The van der Waals surface area contributed by atoms with Crippen molar-refractivity contribution in [1.82, 2.24) is 4.98 Å². The lowest BCUT2D eigenvalue weighted by Gasteiger charge is -2.12. The van der Waals surface area contributed by atoms with Gasteiger partial charge in [-0.15, -0.1) is 0 Å². The van der Waals surface area contributed by atoms with Crippen LogP contribution in [0.3, 0.4) is 0 Å². The number of pyridine rings is 1. The predicted octanol–water partition coefficient (Wildman–Crippen LogP) is 5.37. The summed E-state index contributed by atoms with van der Waals surface area (Å²) in [6.45, 7) is 1.32. The van der Waals surface area contributed by atoms with E-state index in [9.17, 15) is 14.3 Å². The summed E-state index contributed by atoms with van der Waals surface area (Å²) < 4.78 is 14.3. The fourth-order valence-corrected chi connectivity index (χ4v) is 3.23. The standard InChI is InChI=1S/C23H17FN2O2/c1-14(27)26-22-10-8-16(13-20(22)24)19-6-2-5-18(23(19)28)15-7-9-21-17(12-15)4-3-11-25-21/h2-13,28H,1H3,(H,26,27). The maximum absolute atomic E-state index is 14.3. The maximum Gasteiger partial charge on any atom is 0.221 e. The van der Waals surface area contributed by atoms with Gasteiger partial charge in [-0.3, -0.25) is 9.78 Å². The van der Waals surface area contributed by atoms with Crippen LogP contribution < -0.4 is 5.32 Å². The Bertz CT molecular complexity index is 1200. The first-order valence-corrected chi connectivity index (χ1v) is 8.77. The van der Waals surface area contributed by atoms with Crippen LogP contribution in [0.2, 0.25) is 0 Å². The van der Waals surface area contributed by atoms with Crippen LogP contribution in [0.5, 0.6) is 5.75 Å². The number of carbonyl (C=O) groups excluding carboxylic acids is 1. The second kappa shape index (κ2) is 7.12. The van der Waals surface area contributed by atoms with Crippen molar-refractivity contribution in [2.45, 2.75) is 6.92 Å². The van der Waals surface area contributed by atoms with E-state index in [1.807, 2.05) is 42.5 Å². The Kier molecular flexibility index (Phi) is 4.49. The van der Waals surface area contributed by atoms with Gasteiger partial charge in [-0.2, -0.15) is 0 Å². The molecular formula is C23H17FN2O2. The number of fused-ring (bicyclic) bond motifs is 1. The lowest BCUT2D eigenvalue weighted by Crippen LogP contribution is -2.07. The largest absolute Gasteiger partial charge is 0.507 e. The Morgan fingerprint density at radius 3 is 2.39 bits per heavy atom. The molecule has 2 N–H and O–H groups in total. The summed E-state index contributed by atoms with van der Waals surface area (Å²) in [4.78, 5) is 15.5. The quantitative estimate of drug-likeness (QED) is 0.508. The summed E-state index contributed by atoms with van der Waals surface area (Å²) in [7, 11) is 0. The lowest BCUT2D eigenvalue weighted by molar-refractivity contribution is -0.114. The minimum atomic E-state index is -0.561. The highest BCUT2D eigenvalue weighted by Crippen LogP contribution is 2.39. The van der Waals surface area contributed by atoms with E-state index in [1.54, 1.807) is 18.3 Å². The average Bonchev–Trinajstić information content (AvgIpc) is 2.69. The number of benzene rings is 3. The van der Waals surface area contributed by atoms with Crippen LogP contribution in [0, 0.1) is 5.82 Å². The van der Waals surface area contributed by atoms with Crippen molar-refractivity contribution in [2.24, 2.45) is 0 Å². The van der Waals surface area contributed by atoms with Gasteiger partial charge in [0.1, 0.15) is 11.6 Å². The van der Waals surface area contributed by atoms with Gasteiger partial charge in [0, 0.05) is 29.6 Å². The molecule has 1 heterocycles. The topological polar surface area (TPSA) is 62.2 Å². The fraction of sp³-hybridized carbons (Fsp3) is 0.0435. The Balaban J connectivity index is 1.78. The molecule has 5 heteroatoms. The second-order valence-electron chi connectivity index (χ2n) is 6.49. The molecule has 0 aliphatic heterocycles. The van der Waals surface area contributed by atoms with Crippen LogP contribution in [-0.4, -0.2) is 16.0 Å². The predicted molar refractivity (Wildman–Crippen MR) is 109 cm³/mol. The van der Waals surface area contributed by atoms with E-state index < -0.39 is 5.82 Å². The number of hydrogen-bond acceptors (Lipinski definition) is 3. The molecule has 4 rings (SSSR count). The fourth-order valence-electron chi connectivity index (χ4n) is 3.23. The first-order chi connectivity index (χ1) is 13.5. The number of nitrogens with zero attached hydrogens (tertiary/aromatic N) is 1. The van der Waals surface area contributed by atoms with E-state index in [0.29, 0.717) is 16.7 Å². The highest BCUT2D eigenvalue weighted by Gasteiger charge is 2.13. The van der Waals surface area contributed by atoms with Gasteiger partial charge in [-0.05, 0) is 41.5 Å². The molecule has 0 bridgehead atoms. The minimum absolute atomic E-state index is 0.0671. The average molecular weight is 372 g/mol. The molecule has 4 nitrogen and oxygen atoms in total. The number of anilines is 1. The minimum Gasteiger partial charge on any atom is -0.507 e. The van der Waals surface area contributed by atoms with Crippen LogP contribution in [-0.2, 0) is 4.79 Å². The number of rotatable bonds is 3. The lowest BCUT2D eigenvalue weighted by atomic mass is 9.96. The molecule has 1 aromatic heterocycles. The van der Waals surface area contributed by atoms with Gasteiger partial charge in [0.25, 0.3) is 0 Å². The molecular weight excluding hydrogens is 355 g/mol. The highest BCUT2D eigenvalue weighted by atomic mass is 19.1. The zero-order valence-corrected chi connectivity index (χ0v) is 15.1. The van der Waals surface area contributed by atoms with Crippen LogP contribution in [0.1, 0.15) is 6.92 Å². The molecule has 0 fully saturated rings. The van der Waals surface area contributed by atoms with Crippen molar-refractivity contribution in [3.8, 4) is 28.0 Å². The Labute approximate surface area is 161 Å². The van der Waals surface area contributed by atoms with Crippen LogP contribution >= 0.6 is 0 Å². The summed E-state index contributed by atoms with van der Waals surface area (Å²) in [5, 5.41) is 14.3. The number of phenols is 1. The summed E-state index contributed by atoms with van der Waals surface area (Å²) in [5.74, 6) is -0.839. The van der Waals surface area contributed by atoms with Gasteiger partial charge in [-0.1, -0.05) is 36.4 Å². The Morgan fingerprint density at radius 2 is 1.68 bits per heavy atom. The zero-order valence-electron chi connectivity index (χ0n) is 15.1. The molecule has 0 radical (unpaired) electrons. The van der Waals surface area contributed by atoms with Crippen LogP contribution in [0.15, 0.2) is 72.9 Å². The monoisotopic (exact) mass is 372 g/mol. The SMILES string of the molecule is CC(=O)Nc1ccc(-c2cccc(-c3ccc4ncccc4c3)c2O)cc1F. The molecule has 3 aromatic carbocycles. The van der Waals surface area contributed by atoms with Gasteiger partial charge in [0.05, 0.1) is 11.2 Å². The van der Waals surface area contributed by atoms with Crippen molar-refractivity contribution in [1.29, 1.82) is 0 Å². The van der Waals surface area contributed by atoms with Crippen molar-refractivity contribution in [3.05, 3.63) is 78.7 Å². The van der Waals surface area contributed by atoms with Crippen molar-refractivity contribution in [2.75, 3.05) is 5.32 Å². The third kappa shape index (κ3) is 3.30. The van der Waals surface area contributed by atoms with E-state index in [-0.39, 0.29) is 17.3 Å². The summed E-state index contributed by atoms with van der Waals surface area (Å²) in [6.07, 6.45) is 1.74. The molecule has 0 aliphatic carbocycles. The van der Waals surface area contributed by atoms with E-state index in [4.69, 9.17) is 0 Å². The molecule has 28 heavy (non-hydrogen) atoms. The molecule has 138 valence electrons. The van der Waals surface area contributed by atoms with E-state index in [1.165, 1.54) is 19.1 Å². The highest BCUT2D eigenvalue weighted by molar-refractivity contribution is 5.90. The molecule has 0 atom stereocenters. The number of hydrogen-bond donors (Lipinski definition) is 2. The van der Waals surface area contributed by atoms with Crippen molar-refractivity contribution < 1.29 is 14.3 Å². The molecule has 0 aliphatic rings. The number of nitrogens with one attached hydrogen (secondary N) is 1. The molecule has 0 saturated carbocycles. The number of amides is 1. The number of phenolic OH excluding ortho intramolecular Hbond substituents is 1. The Morgan fingerprint density at radius 1 is 0.964 bits per heavy atom. The molecule has 4 aromatic rings. The summed E-state index contributed by atoms with van der Waals surface area (Å²) in [5.41, 5.74) is 3.50. The number of para-hydroxylation sites is 1. The zero-order chi connectivity index (χ0) is 19.7. The first-order valence-electron chi connectivity index (χ1n) is 8.77. The summed E-state index contributed by atoms with van der Waals surface area (Å²) in [6, 6.07) is 19.4. The molecule has 0 saturated heterocycles. The van der Waals surface area contributed by atoms with Gasteiger partial charge < -0.3 is 10.4 Å². The van der Waals surface area contributed by atoms with Gasteiger partial charge in [0.15, 0.2) is 0 Å². The number of aromatic nitrogens is 1. The molecule has 1 amide bonds. The van der Waals surface area contributed by atoms with Gasteiger partial charge in [-0.25, -0.2) is 4.39 Å². The molecule has 0 unspecified atom stereocenters. The second-order valence-corrected chi connectivity index (χ2v) is 6.49. The van der Waals surface area contributed by atoms with E-state index in [2.05, 4.69) is 10.3 Å². The van der Waals surface area contributed by atoms with Crippen LogP contribution in [0.4, 0.5) is 10.1 Å². The maximum atomic E-state index is 14.3. The Hall–Kier alpha value is -3.73. The third-order valence-electron chi connectivity index (χ3n) is 4.54. The molecule has 0 spiro atoms.